The highest BCUT2D eigenvalue weighted by atomic mass is 79.9. The van der Waals surface area contributed by atoms with Crippen molar-refractivity contribution < 1.29 is 8.42 Å². The number of rotatable bonds is 3. The van der Waals surface area contributed by atoms with Crippen LogP contribution in [0, 0.1) is 19.8 Å². The smallest absolute Gasteiger partial charge is 0.243 e. The van der Waals surface area contributed by atoms with Crippen LogP contribution in [0.1, 0.15) is 30.9 Å². The zero-order valence-electron chi connectivity index (χ0n) is 13.2. The minimum absolute atomic E-state index is 0. The molecule has 1 fully saturated rings. The summed E-state index contributed by atoms with van der Waals surface area (Å²) in [6, 6.07) is 3.65. The van der Waals surface area contributed by atoms with E-state index in [1.807, 2.05) is 26.8 Å². The zero-order valence-corrected chi connectivity index (χ0v) is 16.4. The fourth-order valence-electron chi connectivity index (χ4n) is 2.79. The lowest BCUT2D eigenvalue weighted by molar-refractivity contribution is 0.243. The summed E-state index contributed by atoms with van der Waals surface area (Å²) < 4.78 is 28.4. The predicted molar refractivity (Wildman–Crippen MR) is 96.0 cm³/mol. The lowest BCUT2D eigenvalue weighted by atomic mass is 9.93. The van der Waals surface area contributed by atoms with E-state index >= 15 is 0 Å². The molecule has 0 saturated carbocycles. The van der Waals surface area contributed by atoms with E-state index < -0.39 is 10.0 Å². The van der Waals surface area contributed by atoms with E-state index in [1.54, 1.807) is 10.4 Å². The van der Waals surface area contributed by atoms with Gasteiger partial charge < -0.3 is 5.73 Å². The van der Waals surface area contributed by atoms with Crippen molar-refractivity contribution in [2.24, 2.45) is 11.7 Å². The second-order valence-corrected chi connectivity index (χ2v) is 8.75. The molecule has 0 aliphatic carbocycles. The molecule has 1 aliphatic heterocycles. The van der Waals surface area contributed by atoms with Crippen LogP contribution in [0.15, 0.2) is 21.5 Å². The molecule has 22 heavy (non-hydrogen) atoms. The van der Waals surface area contributed by atoms with Crippen LogP contribution in [0.2, 0.25) is 0 Å². The van der Waals surface area contributed by atoms with Crippen molar-refractivity contribution in [1.29, 1.82) is 0 Å². The Morgan fingerprint density at radius 2 is 1.95 bits per heavy atom. The standard InChI is InChI=1S/C15H23BrN2O2S.ClH/c1-10-8-15(11(2)7-14(10)16)21(19,20)18-6-4-5-13(9-18)12(3)17;/h7-8,12-13H,4-6,9,17H2,1-3H3;1H. The largest absolute Gasteiger partial charge is 0.328 e. The van der Waals surface area contributed by atoms with E-state index in [1.165, 1.54) is 0 Å². The van der Waals surface area contributed by atoms with Gasteiger partial charge in [0.2, 0.25) is 10.0 Å². The Kier molecular flexibility index (Phi) is 6.89. The van der Waals surface area contributed by atoms with Gasteiger partial charge in [-0.2, -0.15) is 4.31 Å². The maximum absolute atomic E-state index is 12.9. The van der Waals surface area contributed by atoms with Crippen LogP contribution in [-0.2, 0) is 10.0 Å². The molecule has 1 saturated heterocycles. The van der Waals surface area contributed by atoms with Gasteiger partial charge in [-0.3, -0.25) is 0 Å². The van der Waals surface area contributed by atoms with E-state index in [0.29, 0.717) is 18.0 Å². The van der Waals surface area contributed by atoms with Crippen LogP contribution in [0.5, 0.6) is 0 Å². The quantitative estimate of drug-likeness (QED) is 0.830. The van der Waals surface area contributed by atoms with E-state index in [0.717, 1.165) is 28.4 Å². The summed E-state index contributed by atoms with van der Waals surface area (Å²) in [5, 5.41) is 0. The van der Waals surface area contributed by atoms with Gasteiger partial charge in [0.25, 0.3) is 0 Å². The molecule has 2 atom stereocenters. The van der Waals surface area contributed by atoms with Gasteiger partial charge in [-0.05, 0) is 62.8 Å². The summed E-state index contributed by atoms with van der Waals surface area (Å²) in [5.74, 6) is 0.241. The number of sulfonamides is 1. The number of nitrogens with zero attached hydrogens (tertiary/aromatic N) is 1. The third kappa shape index (κ3) is 4.03. The first-order chi connectivity index (χ1) is 9.73. The monoisotopic (exact) mass is 410 g/mol. The molecule has 0 radical (unpaired) electrons. The minimum Gasteiger partial charge on any atom is -0.328 e. The van der Waals surface area contributed by atoms with Gasteiger partial charge in [-0.25, -0.2) is 8.42 Å². The lowest BCUT2D eigenvalue weighted by Crippen LogP contribution is -2.45. The van der Waals surface area contributed by atoms with E-state index in [-0.39, 0.29) is 24.4 Å². The van der Waals surface area contributed by atoms with Crippen LogP contribution >= 0.6 is 28.3 Å². The zero-order chi connectivity index (χ0) is 15.8. The van der Waals surface area contributed by atoms with Gasteiger partial charge in [-0.1, -0.05) is 15.9 Å². The van der Waals surface area contributed by atoms with Crippen LogP contribution in [0.4, 0.5) is 0 Å². The van der Waals surface area contributed by atoms with Crippen LogP contribution < -0.4 is 5.73 Å². The average Bonchev–Trinajstić information content (AvgIpc) is 2.42. The summed E-state index contributed by atoms with van der Waals surface area (Å²) in [7, 11) is -3.44. The molecule has 1 aromatic rings. The molecule has 0 bridgehead atoms. The number of nitrogens with two attached hydrogens (primary N) is 1. The molecule has 0 spiro atoms. The summed E-state index contributed by atoms with van der Waals surface area (Å²) in [5.41, 5.74) is 7.66. The van der Waals surface area contributed by atoms with Crippen LogP contribution in [0.25, 0.3) is 0 Å². The lowest BCUT2D eigenvalue weighted by Gasteiger charge is -2.34. The molecule has 2 rings (SSSR count). The molecular weight excluding hydrogens is 388 g/mol. The molecule has 7 heteroatoms. The summed E-state index contributed by atoms with van der Waals surface area (Å²) in [6.45, 7) is 6.80. The van der Waals surface area contributed by atoms with E-state index in [2.05, 4.69) is 15.9 Å². The van der Waals surface area contributed by atoms with Crippen molar-refractivity contribution in [1.82, 2.24) is 4.31 Å². The second-order valence-electron chi connectivity index (χ2n) is 5.99. The van der Waals surface area contributed by atoms with Gasteiger partial charge in [0, 0.05) is 23.6 Å². The number of halogens is 2. The first-order valence-electron chi connectivity index (χ1n) is 7.26. The third-order valence-electron chi connectivity index (χ3n) is 4.24. The van der Waals surface area contributed by atoms with Crippen molar-refractivity contribution in [3.8, 4) is 0 Å². The molecule has 1 aromatic carbocycles. The molecule has 4 nitrogen and oxygen atoms in total. The number of hydrogen-bond acceptors (Lipinski definition) is 3. The molecule has 1 heterocycles. The Labute approximate surface area is 148 Å². The number of benzene rings is 1. The van der Waals surface area contributed by atoms with E-state index in [4.69, 9.17) is 5.73 Å². The van der Waals surface area contributed by atoms with Crippen LogP contribution in [-0.4, -0.2) is 31.9 Å². The maximum atomic E-state index is 12.9. The molecule has 0 aromatic heterocycles. The van der Waals surface area contributed by atoms with Gasteiger partial charge in [0.05, 0.1) is 4.90 Å². The van der Waals surface area contributed by atoms with Gasteiger partial charge in [-0.15, -0.1) is 12.4 Å². The molecule has 0 amide bonds. The SMILES string of the molecule is Cc1cc(S(=O)(=O)N2CCCC(C(C)N)C2)c(C)cc1Br.Cl. The first-order valence-corrected chi connectivity index (χ1v) is 9.49. The highest BCUT2D eigenvalue weighted by Crippen LogP contribution is 2.29. The Balaban J connectivity index is 0.00000242. The van der Waals surface area contributed by atoms with Gasteiger partial charge >= 0.3 is 0 Å². The number of piperidine rings is 1. The first kappa shape index (κ1) is 19.9. The maximum Gasteiger partial charge on any atom is 0.243 e. The highest BCUT2D eigenvalue weighted by Gasteiger charge is 2.32. The second kappa shape index (κ2) is 7.62. The van der Waals surface area contributed by atoms with Crippen molar-refractivity contribution in [2.75, 3.05) is 13.1 Å². The highest BCUT2D eigenvalue weighted by molar-refractivity contribution is 9.10. The molecule has 2 N–H and O–H groups in total. The predicted octanol–water partition coefficient (Wildman–Crippen LogP) is 3.24. The van der Waals surface area contributed by atoms with Crippen LogP contribution in [0.3, 0.4) is 0 Å². The van der Waals surface area contributed by atoms with Crippen molar-refractivity contribution in [2.45, 2.75) is 44.6 Å². The molecular formula is C15H24BrClN2O2S. The summed E-state index contributed by atoms with van der Waals surface area (Å²) >= 11 is 3.45. The Morgan fingerprint density at radius 3 is 2.55 bits per heavy atom. The summed E-state index contributed by atoms with van der Waals surface area (Å²) in [6.07, 6.45) is 1.88. The summed E-state index contributed by atoms with van der Waals surface area (Å²) in [4.78, 5) is 0.411. The third-order valence-corrected chi connectivity index (χ3v) is 7.10. The molecule has 2 unspecified atom stereocenters. The van der Waals surface area contributed by atoms with Crippen molar-refractivity contribution in [3.63, 3.8) is 0 Å². The number of hydrogen-bond donors (Lipinski definition) is 1. The van der Waals surface area contributed by atoms with Crippen molar-refractivity contribution >= 4 is 38.4 Å². The van der Waals surface area contributed by atoms with Crippen molar-refractivity contribution in [3.05, 3.63) is 27.7 Å². The Bertz CT molecular complexity index is 635. The van der Waals surface area contributed by atoms with Gasteiger partial charge in [0.1, 0.15) is 0 Å². The number of aryl methyl sites for hydroxylation is 2. The minimum atomic E-state index is -3.44. The Morgan fingerprint density at radius 1 is 1.32 bits per heavy atom. The normalized spacial score (nSPS) is 21.2. The fraction of sp³-hybridized carbons (Fsp3) is 0.600. The fourth-order valence-corrected chi connectivity index (χ4v) is 5.08. The van der Waals surface area contributed by atoms with E-state index in [9.17, 15) is 8.42 Å². The Hall–Kier alpha value is -0.140. The molecule has 126 valence electrons. The molecule has 1 aliphatic rings. The average molecular weight is 412 g/mol. The topological polar surface area (TPSA) is 63.4 Å². The van der Waals surface area contributed by atoms with Gasteiger partial charge in [0.15, 0.2) is 0 Å².